The Morgan fingerprint density at radius 3 is 2.38 bits per heavy atom. The fourth-order valence-electron chi connectivity index (χ4n) is 0.346. The van der Waals surface area contributed by atoms with Gasteiger partial charge >= 0.3 is 0 Å². The second-order valence-corrected chi connectivity index (χ2v) is 1.66. The summed E-state index contributed by atoms with van der Waals surface area (Å²) in [6.07, 6.45) is -0.167. The fourth-order valence-corrected chi connectivity index (χ4v) is 0.346. The molecule has 0 saturated heterocycles. The van der Waals surface area contributed by atoms with E-state index in [4.69, 9.17) is 10.3 Å². The third-order valence-corrected chi connectivity index (χ3v) is 0.881. The molecule has 4 heteroatoms. The van der Waals surface area contributed by atoms with Crippen molar-refractivity contribution in [1.82, 2.24) is 0 Å². The summed E-state index contributed by atoms with van der Waals surface area (Å²) < 4.78 is 0. The monoisotopic (exact) mass is 121 g/mol. The van der Waals surface area contributed by atoms with Crippen LogP contribution in [0.25, 0.3) is 0 Å². The molecular weight excluding hydrogens is 110 g/mol. The number of rotatable bonds is 3. The predicted molar refractivity (Wildman–Crippen MR) is 27.3 cm³/mol. The quantitative estimate of drug-likeness (QED) is 0.399. The number of quaternary nitrogens is 1. The Kier molecular flexibility index (Phi) is 3.72. The summed E-state index contributed by atoms with van der Waals surface area (Å²) in [5.74, 6) is 0. The van der Waals surface area contributed by atoms with Gasteiger partial charge < -0.3 is 10.3 Å². The molecule has 0 aliphatic heterocycles. The third kappa shape index (κ3) is 4.01. The van der Waals surface area contributed by atoms with Crippen LogP contribution in [0.15, 0.2) is 0 Å². The molecule has 0 aromatic carbocycles. The van der Waals surface area contributed by atoms with Crippen molar-refractivity contribution >= 4 is 0 Å². The summed E-state index contributed by atoms with van der Waals surface area (Å²) in [5, 5.41) is 25.6. The highest BCUT2D eigenvalue weighted by molar-refractivity contribution is 4.44. The summed E-state index contributed by atoms with van der Waals surface area (Å²) >= 11 is 0. The average molecular weight is 121 g/mol. The Bertz CT molecular complexity index is 57.2. The first-order valence-corrected chi connectivity index (χ1v) is 2.56. The molecule has 0 aromatic heterocycles. The van der Waals surface area contributed by atoms with E-state index in [2.05, 4.69) is 0 Å². The molecule has 0 rings (SSSR count). The summed E-state index contributed by atoms with van der Waals surface area (Å²) in [6, 6.07) is 0. The average Bonchev–Trinajstić information content (AvgIpc) is 1.65. The van der Waals surface area contributed by atoms with Crippen molar-refractivity contribution in [1.29, 1.82) is 0 Å². The number of hydrogen-bond acceptors (Lipinski definition) is 3. The van der Waals surface area contributed by atoms with Gasteiger partial charge in [-0.25, -0.2) is 10.4 Å². The maximum absolute atomic E-state index is 9.81. The van der Waals surface area contributed by atoms with Crippen molar-refractivity contribution in [2.24, 2.45) is 0 Å². The molecule has 0 aromatic rings. The van der Waals surface area contributed by atoms with Crippen molar-refractivity contribution in [3.05, 3.63) is 5.21 Å². The normalized spacial score (nSPS) is 18.0. The van der Waals surface area contributed by atoms with Crippen molar-refractivity contribution in [3.63, 3.8) is 0 Å². The SMILES string of the molecule is CCC(O)C[NH+]([O-])O. The highest BCUT2D eigenvalue weighted by Crippen LogP contribution is 1.82. The van der Waals surface area contributed by atoms with E-state index in [0.29, 0.717) is 6.42 Å². The fraction of sp³-hybridized carbons (Fsp3) is 1.00. The lowest BCUT2D eigenvalue weighted by atomic mass is 10.3. The molecule has 0 bridgehead atoms. The molecule has 4 nitrogen and oxygen atoms in total. The van der Waals surface area contributed by atoms with Gasteiger partial charge in [0.2, 0.25) is 0 Å². The topological polar surface area (TPSA) is 68.0 Å². The maximum Gasteiger partial charge on any atom is 0.133 e. The van der Waals surface area contributed by atoms with Gasteiger partial charge in [0.05, 0.1) is 0 Å². The minimum absolute atomic E-state index is 0.142. The van der Waals surface area contributed by atoms with Crippen molar-refractivity contribution in [3.8, 4) is 0 Å². The Labute approximate surface area is 47.9 Å². The van der Waals surface area contributed by atoms with E-state index in [9.17, 15) is 5.21 Å². The molecule has 0 saturated carbocycles. The van der Waals surface area contributed by atoms with Gasteiger partial charge in [-0.15, -0.1) is 0 Å². The van der Waals surface area contributed by atoms with E-state index in [-0.39, 0.29) is 6.54 Å². The summed E-state index contributed by atoms with van der Waals surface area (Å²) in [7, 11) is 0. The first kappa shape index (κ1) is 7.84. The molecule has 50 valence electrons. The van der Waals surface area contributed by atoms with Crippen LogP contribution in [0.2, 0.25) is 0 Å². The first-order chi connectivity index (χ1) is 3.66. The Morgan fingerprint density at radius 2 is 2.25 bits per heavy atom. The molecule has 0 aliphatic rings. The molecule has 3 N–H and O–H groups in total. The van der Waals surface area contributed by atoms with Crippen LogP contribution in [0.1, 0.15) is 13.3 Å². The van der Waals surface area contributed by atoms with E-state index in [1.165, 1.54) is 0 Å². The Balaban J connectivity index is 3.10. The van der Waals surface area contributed by atoms with E-state index in [0.717, 1.165) is 0 Å². The van der Waals surface area contributed by atoms with Gasteiger partial charge in [0.15, 0.2) is 0 Å². The summed E-state index contributed by atoms with van der Waals surface area (Å²) in [6.45, 7) is 1.60. The van der Waals surface area contributed by atoms with Gasteiger partial charge in [0, 0.05) is 0 Å². The van der Waals surface area contributed by atoms with Crippen LogP contribution in [-0.4, -0.2) is 23.0 Å². The van der Waals surface area contributed by atoms with Gasteiger partial charge in [-0.3, -0.25) is 0 Å². The zero-order valence-electron chi connectivity index (χ0n) is 4.79. The van der Waals surface area contributed by atoms with Crippen LogP contribution in [0.3, 0.4) is 0 Å². The molecule has 0 fully saturated rings. The molecule has 2 atom stereocenters. The number of hydroxylamine groups is 2. The van der Waals surface area contributed by atoms with Crippen molar-refractivity contribution in [2.45, 2.75) is 19.4 Å². The predicted octanol–water partition coefficient (Wildman–Crippen LogP) is -1.47. The van der Waals surface area contributed by atoms with E-state index in [1.807, 2.05) is 0 Å². The molecule has 2 unspecified atom stereocenters. The number of hydrogen-bond donors (Lipinski definition) is 3. The van der Waals surface area contributed by atoms with Crippen molar-refractivity contribution < 1.29 is 15.5 Å². The van der Waals surface area contributed by atoms with Gasteiger partial charge in [-0.2, -0.15) is 0 Å². The third-order valence-electron chi connectivity index (χ3n) is 0.881. The Hall–Kier alpha value is -0.160. The van der Waals surface area contributed by atoms with Crippen LogP contribution in [0.5, 0.6) is 0 Å². The van der Waals surface area contributed by atoms with Crippen LogP contribution in [0.4, 0.5) is 0 Å². The lowest BCUT2D eigenvalue weighted by Gasteiger charge is -2.14. The highest BCUT2D eigenvalue weighted by atomic mass is 16.8. The molecular formula is C4H11NO3. The highest BCUT2D eigenvalue weighted by Gasteiger charge is 2.02. The Morgan fingerprint density at radius 1 is 1.75 bits per heavy atom. The van der Waals surface area contributed by atoms with Crippen molar-refractivity contribution in [2.75, 3.05) is 6.54 Å². The van der Waals surface area contributed by atoms with Crippen LogP contribution in [0, 0.1) is 5.21 Å². The molecule has 0 amide bonds. The molecule has 0 spiro atoms. The number of nitrogens with one attached hydrogen (secondary N) is 1. The minimum Gasteiger partial charge on any atom is -0.600 e. The van der Waals surface area contributed by atoms with Crippen LogP contribution < -0.4 is 5.23 Å². The lowest BCUT2D eigenvalue weighted by molar-refractivity contribution is -1.05. The second-order valence-electron chi connectivity index (χ2n) is 1.66. The van der Waals surface area contributed by atoms with E-state index in [1.54, 1.807) is 6.92 Å². The zero-order chi connectivity index (χ0) is 6.57. The van der Waals surface area contributed by atoms with Crippen LogP contribution >= 0.6 is 0 Å². The van der Waals surface area contributed by atoms with Gasteiger partial charge in [-0.1, -0.05) is 6.92 Å². The molecule has 0 radical (unpaired) electrons. The van der Waals surface area contributed by atoms with Gasteiger partial charge in [-0.05, 0) is 6.42 Å². The standard InChI is InChI=1S/C4H11NO3/c1-2-4(6)3-5(7)8/h4-7H,2-3H2,1H3. The number of aliphatic hydroxyl groups is 1. The maximum atomic E-state index is 9.81. The minimum atomic E-state index is -0.945. The van der Waals surface area contributed by atoms with Crippen LogP contribution in [-0.2, 0) is 0 Å². The largest absolute Gasteiger partial charge is 0.600 e. The molecule has 8 heavy (non-hydrogen) atoms. The lowest BCUT2D eigenvalue weighted by Crippen LogP contribution is -3.05. The van der Waals surface area contributed by atoms with Gasteiger partial charge in [0.25, 0.3) is 0 Å². The summed E-state index contributed by atoms with van der Waals surface area (Å²) in [5.41, 5.74) is 0. The van der Waals surface area contributed by atoms with E-state index >= 15 is 0 Å². The summed E-state index contributed by atoms with van der Waals surface area (Å²) in [4.78, 5) is 0. The first-order valence-electron chi connectivity index (χ1n) is 2.56. The molecule has 0 aliphatic carbocycles. The number of aliphatic hydroxyl groups excluding tert-OH is 1. The van der Waals surface area contributed by atoms with E-state index < -0.39 is 11.3 Å². The zero-order valence-corrected chi connectivity index (χ0v) is 4.79. The van der Waals surface area contributed by atoms with Gasteiger partial charge in [0.1, 0.15) is 12.6 Å². The second kappa shape index (κ2) is 3.80. The molecule has 0 heterocycles. The smallest absolute Gasteiger partial charge is 0.133 e.